The number of amides is 1. The van der Waals surface area contributed by atoms with Crippen LogP contribution in [-0.2, 0) is 0 Å². The molecule has 1 aliphatic heterocycles. The molecule has 16 heavy (non-hydrogen) atoms. The maximum Gasteiger partial charge on any atom is 0.257 e. The van der Waals surface area contributed by atoms with E-state index in [0.717, 1.165) is 18.2 Å². The third kappa shape index (κ3) is 2.04. The maximum atomic E-state index is 13.3. The van der Waals surface area contributed by atoms with Gasteiger partial charge in [0.05, 0.1) is 11.7 Å². The number of carbonyl (C=O) groups excluding carboxylic acids is 1. The number of rotatable bonds is 1. The van der Waals surface area contributed by atoms with Crippen LogP contribution < -0.4 is 0 Å². The Hall–Kier alpha value is -1.49. The highest BCUT2D eigenvalue weighted by Crippen LogP contribution is 2.16. The summed E-state index contributed by atoms with van der Waals surface area (Å²) in [4.78, 5) is 13.1. The van der Waals surface area contributed by atoms with Gasteiger partial charge in [-0.25, -0.2) is 8.78 Å². The van der Waals surface area contributed by atoms with E-state index in [1.165, 1.54) is 4.90 Å². The number of halogens is 2. The Morgan fingerprint density at radius 3 is 2.81 bits per heavy atom. The zero-order valence-electron chi connectivity index (χ0n) is 8.49. The van der Waals surface area contributed by atoms with Crippen molar-refractivity contribution in [3.8, 4) is 0 Å². The van der Waals surface area contributed by atoms with Crippen LogP contribution >= 0.6 is 0 Å². The number of hydrogen-bond donors (Lipinski definition) is 1. The lowest BCUT2D eigenvalue weighted by atomic mass is 10.2. The molecule has 5 heteroatoms. The van der Waals surface area contributed by atoms with Crippen LogP contribution in [0.1, 0.15) is 16.8 Å². The summed E-state index contributed by atoms with van der Waals surface area (Å²) in [7, 11) is 0. The van der Waals surface area contributed by atoms with Gasteiger partial charge in [0.25, 0.3) is 5.91 Å². The topological polar surface area (TPSA) is 40.5 Å². The average molecular weight is 227 g/mol. The largest absolute Gasteiger partial charge is 0.391 e. The van der Waals surface area contributed by atoms with Gasteiger partial charge in [-0.15, -0.1) is 0 Å². The van der Waals surface area contributed by atoms with Gasteiger partial charge >= 0.3 is 0 Å². The smallest absolute Gasteiger partial charge is 0.257 e. The van der Waals surface area contributed by atoms with Gasteiger partial charge in [0.15, 0.2) is 0 Å². The SMILES string of the molecule is O=C(c1cc(F)ccc1F)N1CC[C@@H](O)C1. The van der Waals surface area contributed by atoms with Crippen molar-refractivity contribution >= 4 is 5.91 Å². The first-order chi connectivity index (χ1) is 7.58. The number of nitrogens with zero attached hydrogens (tertiary/aromatic N) is 1. The Kier molecular flexibility index (Phi) is 2.87. The molecule has 1 saturated heterocycles. The van der Waals surface area contributed by atoms with E-state index >= 15 is 0 Å². The first-order valence-electron chi connectivity index (χ1n) is 5.00. The van der Waals surface area contributed by atoms with Crippen molar-refractivity contribution in [2.45, 2.75) is 12.5 Å². The van der Waals surface area contributed by atoms with Gasteiger partial charge in [-0.3, -0.25) is 4.79 Å². The van der Waals surface area contributed by atoms with E-state index in [1.54, 1.807) is 0 Å². The minimum atomic E-state index is -0.743. The van der Waals surface area contributed by atoms with Gasteiger partial charge in [0, 0.05) is 13.1 Å². The molecule has 0 saturated carbocycles. The standard InChI is InChI=1S/C11H11F2NO2/c12-7-1-2-10(13)9(5-7)11(16)14-4-3-8(15)6-14/h1-2,5,8,15H,3-4,6H2/t8-/m1/s1. The minimum absolute atomic E-state index is 0.175. The molecule has 2 rings (SSSR count). The van der Waals surface area contributed by atoms with E-state index in [-0.39, 0.29) is 12.1 Å². The molecule has 1 fully saturated rings. The second kappa shape index (κ2) is 4.17. The third-order valence-corrected chi connectivity index (χ3v) is 2.61. The monoisotopic (exact) mass is 227 g/mol. The molecule has 1 aromatic rings. The minimum Gasteiger partial charge on any atom is -0.391 e. The highest BCUT2D eigenvalue weighted by atomic mass is 19.1. The van der Waals surface area contributed by atoms with E-state index in [4.69, 9.17) is 0 Å². The van der Waals surface area contributed by atoms with Gasteiger partial charge in [-0.2, -0.15) is 0 Å². The summed E-state index contributed by atoms with van der Waals surface area (Å²) < 4.78 is 26.2. The molecule has 0 aromatic heterocycles. The molecule has 86 valence electrons. The molecule has 1 heterocycles. The lowest BCUT2D eigenvalue weighted by Crippen LogP contribution is -2.30. The number of likely N-dealkylation sites (tertiary alicyclic amines) is 1. The predicted octanol–water partition coefficient (Wildman–Crippen LogP) is 1.17. The van der Waals surface area contributed by atoms with E-state index in [1.807, 2.05) is 0 Å². The number of benzene rings is 1. The van der Waals surface area contributed by atoms with Crippen molar-refractivity contribution in [1.82, 2.24) is 4.90 Å². The molecule has 1 N–H and O–H groups in total. The van der Waals surface area contributed by atoms with Gasteiger partial charge in [-0.05, 0) is 24.6 Å². The highest BCUT2D eigenvalue weighted by molar-refractivity contribution is 5.94. The second-order valence-electron chi connectivity index (χ2n) is 3.82. The second-order valence-corrected chi connectivity index (χ2v) is 3.82. The maximum absolute atomic E-state index is 13.3. The molecule has 0 radical (unpaired) electrons. The fourth-order valence-corrected chi connectivity index (χ4v) is 1.76. The van der Waals surface area contributed by atoms with Crippen molar-refractivity contribution in [3.05, 3.63) is 35.4 Å². The summed E-state index contributed by atoms with van der Waals surface area (Å²) >= 11 is 0. The summed E-state index contributed by atoms with van der Waals surface area (Å²) in [5.41, 5.74) is -0.283. The Balaban J connectivity index is 2.23. The Morgan fingerprint density at radius 2 is 2.19 bits per heavy atom. The zero-order valence-corrected chi connectivity index (χ0v) is 8.49. The molecule has 1 amide bonds. The van der Waals surface area contributed by atoms with E-state index in [2.05, 4.69) is 0 Å². The normalized spacial score (nSPS) is 20.2. The van der Waals surface area contributed by atoms with Crippen molar-refractivity contribution in [3.63, 3.8) is 0 Å². The van der Waals surface area contributed by atoms with E-state index in [0.29, 0.717) is 13.0 Å². The number of β-amino-alcohol motifs (C(OH)–C–C–N with tert-alkyl or cyclic N) is 1. The third-order valence-electron chi connectivity index (χ3n) is 2.61. The summed E-state index contributed by atoms with van der Waals surface area (Å²) in [5.74, 6) is -1.97. The van der Waals surface area contributed by atoms with Crippen molar-refractivity contribution in [2.75, 3.05) is 13.1 Å². The predicted molar refractivity (Wildman–Crippen MR) is 52.9 cm³/mol. The molecule has 1 aromatic carbocycles. The van der Waals surface area contributed by atoms with Gasteiger partial charge in [0.2, 0.25) is 0 Å². The highest BCUT2D eigenvalue weighted by Gasteiger charge is 2.27. The summed E-state index contributed by atoms with van der Waals surface area (Å²) in [6.07, 6.45) is -0.0940. The fraction of sp³-hybridized carbons (Fsp3) is 0.364. The van der Waals surface area contributed by atoms with Gasteiger partial charge < -0.3 is 10.0 Å². The lowest BCUT2D eigenvalue weighted by Gasteiger charge is -2.15. The fourth-order valence-electron chi connectivity index (χ4n) is 1.76. The van der Waals surface area contributed by atoms with Crippen molar-refractivity contribution in [1.29, 1.82) is 0 Å². The van der Waals surface area contributed by atoms with Crippen LogP contribution in [0.25, 0.3) is 0 Å². The molecular weight excluding hydrogens is 216 g/mol. The molecule has 1 atom stereocenters. The van der Waals surface area contributed by atoms with Gasteiger partial charge in [-0.1, -0.05) is 0 Å². The van der Waals surface area contributed by atoms with Crippen LogP contribution in [-0.4, -0.2) is 35.1 Å². The van der Waals surface area contributed by atoms with Crippen LogP contribution in [0.5, 0.6) is 0 Å². The molecular formula is C11H11F2NO2. The Labute approximate surface area is 91.3 Å². The number of hydrogen-bond acceptors (Lipinski definition) is 2. The quantitative estimate of drug-likeness (QED) is 0.782. The number of carbonyl (C=O) groups is 1. The molecule has 0 unspecified atom stereocenters. The molecule has 0 bridgehead atoms. The summed E-state index contributed by atoms with van der Waals surface area (Å²) in [6, 6.07) is 2.77. The summed E-state index contributed by atoms with van der Waals surface area (Å²) in [5, 5.41) is 9.26. The van der Waals surface area contributed by atoms with Crippen LogP contribution in [0.2, 0.25) is 0 Å². The number of aliphatic hydroxyl groups excluding tert-OH is 1. The van der Waals surface area contributed by atoms with Crippen LogP contribution in [0.4, 0.5) is 8.78 Å². The average Bonchev–Trinajstić information content (AvgIpc) is 2.67. The van der Waals surface area contributed by atoms with Crippen molar-refractivity contribution < 1.29 is 18.7 Å². The Bertz CT molecular complexity index is 422. The first-order valence-corrected chi connectivity index (χ1v) is 5.00. The lowest BCUT2D eigenvalue weighted by molar-refractivity contribution is 0.0760. The first kappa shape index (κ1) is 11.0. The number of aliphatic hydroxyl groups is 1. The van der Waals surface area contributed by atoms with Crippen molar-refractivity contribution in [2.24, 2.45) is 0 Å². The van der Waals surface area contributed by atoms with E-state index < -0.39 is 23.6 Å². The molecule has 3 nitrogen and oxygen atoms in total. The molecule has 0 aliphatic carbocycles. The molecule has 0 spiro atoms. The van der Waals surface area contributed by atoms with Crippen LogP contribution in [0.3, 0.4) is 0 Å². The molecule has 1 aliphatic rings. The van der Waals surface area contributed by atoms with Crippen LogP contribution in [0.15, 0.2) is 18.2 Å². The van der Waals surface area contributed by atoms with Crippen LogP contribution in [0, 0.1) is 11.6 Å². The van der Waals surface area contributed by atoms with Gasteiger partial charge in [0.1, 0.15) is 11.6 Å². The summed E-state index contributed by atoms with van der Waals surface area (Å²) in [6.45, 7) is 0.546. The van der Waals surface area contributed by atoms with E-state index in [9.17, 15) is 18.7 Å². The zero-order chi connectivity index (χ0) is 11.7. The Morgan fingerprint density at radius 1 is 1.44 bits per heavy atom.